The predicted octanol–water partition coefficient (Wildman–Crippen LogP) is 7.10. The monoisotopic (exact) mass is 344 g/mol. The van der Waals surface area contributed by atoms with Gasteiger partial charge in [0.2, 0.25) is 0 Å². The highest BCUT2D eigenvalue weighted by Crippen LogP contribution is 2.52. The molecule has 0 aliphatic heterocycles. The molecule has 0 radical (unpaired) electrons. The van der Waals surface area contributed by atoms with Crippen LogP contribution in [-0.4, -0.2) is 0 Å². The van der Waals surface area contributed by atoms with Crippen LogP contribution in [0.4, 0.5) is 4.39 Å². The highest BCUT2D eigenvalue weighted by molar-refractivity contribution is 5.88. The van der Waals surface area contributed by atoms with Gasteiger partial charge in [-0.25, -0.2) is 4.39 Å². The van der Waals surface area contributed by atoms with Gasteiger partial charge in [0.25, 0.3) is 0 Å². The van der Waals surface area contributed by atoms with Gasteiger partial charge in [0, 0.05) is 5.41 Å². The molecule has 4 rings (SSSR count). The lowest BCUT2D eigenvalue weighted by Gasteiger charge is -2.25. The van der Waals surface area contributed by atoms with E-state index in [0.29, 0.717) is 0 Å². The van der Waals surface area contributed by atoms with E-state index in [4.69, 9.17) is 0 Å². The van der Waals surface area contributed by atoms with Crippen LogP contribution < -0.4 is 0 Å². The second kappa shape index (κ2) is 5.54. The maximum atomic E-state index is 14.8. The number of rotatable bonds is 1. The molecule has 0 fully saturated rings. The van der Waals surface area contributed by atoms with Crippen molar-refractivity contribution in [1.29, 1.82) is 0 Å². The Morgan fingerprint density at radius 2 is 1.42 bits per heavy atom. The van der Waals surface area contributed by atoms with E-state index in [-0.39, 0.29) is 16.6 Å². The summed E-state index contributed by atoms with van der Waals surface area (Å²) >= 11 is 0. The van der Waals surface area contributed by atoms with Crippen LogP contribution in [0.15, 0.2) is 60.7 Å². The zero-order chi connectivity index (χ0) is 18.7. The van der Waals surface area contributed by atoms with Gasteiger partial charge in [-0.1, -0.05) is 89.2 Å². The smallest absolute Gasteiger partial charge is 0.127 e. The number of halogens is 1. The maximum absolute atomic E-state index is 14.8. The molecule has 0 bridgehead atoms. The summed E-state index contributed by atoms with van der Waals surface area (Å²) in [5.74, 6) is -0.124. The molecular formula is C25H25F. The fraction of sp³-hybridized carbons (Fsp3) is 0.280. The van der Waals surface area contributed by atoms with Crippen molar-refractivity contribution < 1.29 is 4.39 Å². The first-order chi connectivity index (χ1) is 12.2. The van der Waals surface area contributed by atoms with Crippen LogP contribution in [-0.2, 0) is 10.8 Å². The minimum atomic E-state index is -0.198. The average Bonchev–Trinajstić information content (AvgIpc) is 2.82. The highest BCUT2D eigenvalue weighted by atomic mass is 19.1. The maximum Gasteiger partial charge on any atom is 0.127 e. The summed E-state index contributed by atoms with van der Waals surface area (Å²) in [5.41, 5.74) is 7.74. The molecule has 1 heteroatoms. The van der Waals surface area contributed by atoms with Crippen molar-refractivity contribution in [3.63, 3.8) is 0 Å². The van der Waals surface area contributed by atoms with E-state index in [1.165, 1.54) is 22.3 Å². The van der Waals surface area contributed by atoms with Crippen LogP contribution in [0.3, 0.4) is 0 Å². The quantitative estimate of drug-likeness (QED) is 0.442. The minimum absolute atomic E-state index is 0.0955. The van der Waals surface area contributed by atoms with E-state index in [9.17, 15) is 4.39 Å². The Morgan fingerprint density at radius 1 is 0.769 bits per heavy atom. The Balaban J connectivity index is 1.94. The zero-order valence-corrected chi connectivity index (χ0v) is 16.2. The standard InChI is InChI=1S/C25H25F/c1-24(2,3)21-14-13-16(15-22(21)26)17-10-8-11-19-18-9-6-7-12-20(18)25(4,5)23(17)19/h6-15H,1-5H3. The average molecular weight is 344 g/mol. The SMILES string of the molecule is CC(C)(C)c1ccc(-c2cccc3c2C(C)(C)c2ccccc2-3)cc1F. The van der Waals surface area contributed by atoms with Gasteiger partial charge in [0.15, 0.2) is 0 Å². The fourth-order valence-electron chi connectivity index (χ4n) is 4.38. The second-order valence-corrected chi connectivity index (χ2v) is 8.84. The van der Waals surface area contributed by atoms with Gasteiger partial charge >= 0.3 is 0 Å². The molecule has 0 spiro atoms. The van der Waals surface area contributed by atoms with Crippen LogP contribution in [0.1, 0.15) is 51.3 Å². The molecule has 0 atom stereocenters. The van der Waals surface area contributed by atoms with Crippen LogP contribution in [0.5, 0.6) is 0 Å². The normalized spacial score (nSPS) is 14.8. The molecule has 1 aliphatic carbocycles. The fourth-order valence-corrected chi connectivity index (χ4v) is 4.38. The van der Waals surface area contributed by atoms with E-state index < -0.39 is 0 Å². The number of hydrogen-bond acceptors (Lipinski definition) is 0. The molecule has 0 saturated heterocycles. The van der Waals surface area contributed by atoms with Crippen LogP contribution in [0.2, 0.25) is 0 Å². The van der Waals surface area contributed by atoms with Gasteiger partial charge < -0.3 is 0 Å². The van der Waals surface area contributed by atoms with Crippen LogP contribution in [0.25, 0.3) is 22.3 Å². The number of fused-ring (bicyclic) bond motifs is 3. The predicted molar refractivity (Wildman–Crippen MR) is 108 cm³/mol. The topological polar surface area (TPSA) is 0 Å². The van der Waals surface area contributed by atoms with Crippen molar-refractivity contribution in [2.45, 2.75) is 45.4 Å². The van der Waals surface area contributed by atoms with Crippen molar-refractivity contribution >= 4 is 0 Å². The first-order valence-corrected chi connectivity index (χ1v) is 9.25. The van der Waals surface area contributed by atoms with Crippen LogP contribution in [0, 0.1) is 5.82 Å². The Hall–Kier alpha value is -2.41. The molecule has 0 nitrogen and oxygen atoms in total. The van der Waals surface area contributed by atoms with Gasteiger partial charge in [-0.05, 0) is 50.4 Å². The van der Waals surface area contributed by atoms with E-state index in [1.54, 1.807) is 6.07 Å². The first kappa shape index (κ1) is 17.0. The van der Waals surface area contributed by atoms with E-state index in [1.807, 2.05) is 26.8 Å². The molecule has 132 valence electrons. The molecule has 0 amide bonds. The molecule has 3 aromatic carbocycles. The zero-order valence-electron chi connectivity index (χ0n) is 16.2. The van der Waals surface area contributed by atoms with Crippen molar-refractivity contribution in [2.75, 3.05) is 0 Å². The van der Waals surface area contributed by atoms with E-state index in [2.05, 4.69) is 62.4 Å². The summed E-state index contributed by atoms with van der Waals surface area (Å²) in [4.78, 5) is 0. The third-order valence-electron chi connectivity index (χ3n) is 5.67. The van der Waals surface area contributed by atoms with Crippen molar-refractivity contribution in [2.24, 2.45) is 0 Å². The van der Waals surface area contributed by atoms with Gasteiger partial charge in [0.1, 0.15) is 5.82 Å². The summed E-state index contributed by atoms with van der Waals surface area (Å²) in [7, 11) is 0. The summed E-state index contributed by atoms with van der Waals surface area (Å²) in [5, 5.41) is 0. The summed E-state index contributed by atoms with van der Waals surface area (Å²) < 4.78 is 14.8. The molecule has 0 saturated carbocycles. The summed E-state index contributed by atoms with van der Waals surface area (Å²) in [6.45, 7) is 10.7. The van der Waals surface area contributed by atoms with Crippen molar-refractivity contribution in [3.8, 4) is 22.3 Å². The Kier molecular flexibility index (Phi) is 3.63. The number of benzene rings is 3. The first-order valence-electron chi connectivity index (χ1n) is 9.25. The van der Waals surface area contributed by atoms with Crippen molar-refractivity contribution in [1.82, 2.24) is 0 Å². The second-order valence-electron chi connectivity index (χ2n) is 8.84. The molecule has 0 heterocycles. The molecule has 0 unspecified atom stereocenters. The lowest BCUT2D eigenvalue weighted by Crippen LogP contribution is -2.16. The van der Waals surface area contributed by atoms with E-state index >= 15 is 0 Å². The van der Waals surface area contributed by atoms with Crippen LogP contribution >= 0.6 is 0 Å². The third kappa shape index (κ3) is 2.41. The summed E-state index contributed by atoms with van der Waals surface area (Å²) in [6.07, 6.45) is 0. The van der Waals surface area contributed by atoms with Gasteiger partial charge in [-0.15, -0.1) is 0 Å². The van der Waals surface area contributed by atoms with E-state index in [0.717, 1.165) is 16.7 Å². The lowest BCUT2D eigenvalue weighted by atomic mass is 9.78. The third-order valence-corrected chi connectivity index (χ3v) is 5.67. The lowest BCUT2D eigenvalue weighted by molar-refractivity contribution is 0.523. The molecule has 3 aromatic rings. The van der Waals surface area contributed by atoms with Gasteiger partial charge in [-0.2, -0.15) is 0 Å². The van der Waals surface area contributed by atoms with Gasteiger partial charge in [0.05, 0.1) is 0 Å². The number of hydrogen-bond donors (Lipinski definition) is 0. The summed E-state index contributed by atoms with van der Waals surface area (Å²) in [6, 6.07) is 20.7. The Labute approximate surface area is 155 Å². The van der Waals surface area contributed by atoms with Gasteiger partial charge in [-0.3, -0.25) is 0 Å². The molecule has 0 aromatic heterocycles. The largest absolute Gasteiger partial charge is 0.207 e. The molecule has 26 heavy (non-hydrogen) atoms. The molecular weight excluding hydrogens is 319 g/mol. The highest BCUT2D eigenvalue weighted by Gasteiger charge is 2.37. The minimum Gasteiger partial charge on any atom is -0.207 e. The van der Waals surface area contributed by atoms with Crippen molar-refractivity contribution in [3.05, 3.63) is 83.2 Å². The Morgan fingerprint density at radius 3 is 2.12 bits per heavy atom. The molecule has 1 aliphatic rings. The Bertz CT molecular complexity index is 1000. The molecule has 0 N–H and O–H groups in total.